The van der Waals surface area contributed by atoms with Crippen LogP contribution in [0.2, 0.25) is 0 Å². The summed E-state index contributed by atoms with van der Waals surface area (Å²) in [6, 6.07) is 7.60. The maximum atomic E-state index is 11.9. The molecule has 0 aromatic heterocycles. The molecule has 0 aliphatic rings. The molecule has 19 heavy (non-hydrogen) atoms. The predicted molar refractivity (Wildman–Crippen MR) is 67.4 cm³/mol. The van der Waals surface area contributed by atoms with Crippen molar-refractivity contribution in [2.75, 3.05) is 13.2 Å². The topological polar surface area (TPSA) is 47.3 Å². The Bertz CT molecular complexity index is 365. The van der Waals surface area contributed by atoms with Crippen LogP contribution < -0.4 is 11.3 Å². The first-order chi connectivity index (χ1) is 8.96. The fourth-order valence-electron chi connectivity index (χ4n) is 1.72. The standard InChI is InChI=1S/C13H19F3N2O/c1-2-10-3-5-11(6-4-10)12(18-17)7-8-19-9-13(14,15)16/h3-6,12,18H,2,7-9,17H2,1H3. The summed E-state index contributed by atoms with van der Waals surface area (Å²) >= 11 is 0. The predicted octanol–water partition coefficient (Wildman–Crippen LogP) is 2.72. The summed E-state index contributed by atoms with van der Waals surface area (Å²) in [7, 11) is 0. The van der Waals surface area contributed by atoms with Crippen molar-refractivity contribution in [3.63, 3.8) is 0 Å². The summed E-state index contributed by atoms with van der Waals surface area (Å²) in [5.41, 5.74) is 4.73. The third-order valence-electron chi connectivity index (χ3n) is 2.81. The number of ether oxygens (including phenoxy) is 1. The number of hydrogen-bond donors (Lipinski definition) is 2. The zero-order valence-corrected chi connectivity index (χ0v) is 10.8. The summed E-state index contributed by atoms with van der Waals surface area (Å²) in [5.74, 6) is 5.42. The quantitative estimate of drug-likeness (QED) is 0.457. The first-order valence-corrected chi connectivity index (χ1v) is 6.15. The van der Waals surface area contributed by atoms with Gasteiger partial charge in [-0.2, -0.15) is 13.2 Å². The molecule has 3 nitrogen and oxygen atoms in total. The average Bonchev–Trinajstić information content (AvgIpc) is 2.38. The number of hydrazine groups is 1. The minimum Gasteiger partial charge on any atom is -0.372 e. The largest absolute Gasteiger partial charge is 0.411 e. The Morgan fingerprint density at radius 1 is 1.26 bits per heavy atom. The van der Waals surface area contributed by atoms with Crippen molar-refractivity contribution in [3.05, 3.63) is 35.4 Å². The normalized spacial score (nSPS) is 13.5. The first kappa shape index (κ1) is 15.9. The highest BCUT2D eigenvalue weighted by Crippen LogP contribution is 2.18. The van der Waals surface area contributed by atoms with Gasteiger partial charge in [0, 0.05) is 12.6 Å². The van der Waals surface area contributed by atoms with E-state index in [-0.39, 0.29) is 12.6 Å². The minimum atomic E-state index is -4.28. The molecule has 0 amide bonds. The Morgan fingerprint density at radius 3 is 2.37 bits per heavy atom. The number of aryl methyl sites for hydroxylation is 1. The molecule has 0 saturated heterocycles. The van der Waals surface area contributed by atoms with Crippen molar-refractivity contribution >= 4 is 0 Å². The van der Waals surface area contributed by atoms with E-state index in [0.717, 1.165) is 12.0 Å². The minimum absolute atomic E-state index is 0.00387. The lowest BCUT2D eigenvalue weighted by Crippen LogP contribution is -2.29. The fourth-order valence-corrected chi connectivity index (χ4v) is 1.72. The van der Waals surface area contributed by atoms with Crippen LogP contribution in [-0.2, 0) is 11.2 Å². The molecule has 1 atom stereocenters. The van der Waals surface area contributed by atoms with E-state index >= 15 is 0 Å². The maximum absolute atomic E-state index is 11.9. The molecule has 1 aromatic rings. The van der Waals surface area contributed by atoms with E-state index in [1.807, 2.05) is 24.3 Å². The van der Waals surface area contributed by atoms with Gasteiger partial charge in [0.25, 0.3) is 0 Å². The summed E-state index contributed by atoms with van der Waals surface area (Å²) in [4.78, 5) is 0. The molecular formula is C13H19F3N2O. The molecule has 0 radical (unpaired) electrons. The second-order valence-corrected chi connectivity index (χ2v) is 4.27. The Balaban J connectivity index is 2.44. The van der Waals surface area contributed by atoms with Crippen molar-refractivity contribution in [1.29, 1.82) is 0 Å². The molecule has 1 unspecified atom stereocenters. The van der Waals surface area contributed by atoms with Gasteiger partial charge in [-0.25, -0.2) is 0 Å². The zero-order valence-electron chi connectivity index (χ0n) is 10.8. The number of rotatable bonds is 7. The van der Waals surface area contributed by atoms with Crippen molar-refractivity contribution in [2.24, 2.45) is 5.84 Å². The van der Waals surface area contributed by atoms with E-state index in [2.05, 4.69) is 17.1 Å². The molecule has 1 rings (SSSR count). The summed E-state index contributed by atoms with van der Waals surface area (Å²) in [6.07, 6.45) is -2.96. The van der Waals surface area contributed by atoms with Crippen LogP contribution in [0.5, 0.6) is 0 Å². The van der Waals surface area contributed by atoms with Crippen LogP contribution in [0.4, 0.5) is 13.2 Å². The molecule has 0 bridgehead atoms. The van der Waals surface area contributed by atoms with Crippen molar-refractivity contribution in [2.45, 2.75) is 32.0 Å². The Labute approximate surface area is 110 Å². The molecule has 0 heterocycles. The Morgan fingerprint density at radius 2 is 1.89 bits per heavy atom. The first-order valence-electron chi connectivity index (χ1n) is 6.15. The van der Waals surface area contributed by atoms with Crippen LogP contribution in [0.15, 0.2) is 24.3 Å². The van der Waals surface area contributed by atoms with Gasteiger partial charge in [-0.3, -0.25) is 11.3 Å². The second-order valence-electron chi connectivity index (χ2n) is 4.27. The van der Waals surface area contributed by atoms with Crippen LogP contribution in [0.1, 0.15) is 30.5 Å². The van der Waals surface area contributed by atoms with Gasteiger partial charge in [-0.15, -0.1) is 0 Å². The highest BCUT2D eigenvalue weighted by atomic mass is 19.4. The number of halogens is 3. The summed E-state index contributed by atoms with van der Waals surface area (Å²) in [6.45, 7) is 0.835. The van der Waals surface area contributed by atoms with Gasteiger partial charge >= 0.3 is 6.18 Å². The SMILES string of the molecule is CCc1ccc(C(CCOCC(F)(F)F)NN)cc1. The Hall–Kier alpha value is -1.11. The lowest BCUT2D eigenvalue weighted by Gasteiger charge is -2.17. The van der Waals surface area contributed by atoms with E-state index in [0.29, 0.717) is 6.42 Å². The van der Waals surface area contributed by atoms with Gasteiger partial charge < -0.3 is 4.74 Å². The molecule has 108 valence electrons. The van der Waals surface area contributed by atoms with Crippen LogP contribution >= 0.6 is 0 Å². The van der Waals surface area contributed by atoms with Gasteiger partial charge in [0.1, 0.15) is 6.61 Å². The summed E-state index contributed by atoms with van der Waals surface area (Å²) < 4.78 is 40.3. The van der Waals surface area contributed by atoms with Gasteiger partial charge in [0.05, 0.1) is 0 Å². The zero-order chi connectivity index (χ0) is 14.3. The van der Waals surface area contributed by atoms with Gasteiger partial charge in [0.2, 0.25) is 0 Å². The van der Waals surface area contributed by atoms with Gasteiger partial charge in [-0.05, 0) is 24.0 Å². The lowest BCUT2D eigenvalue weighted by molar-refractivity contribution is -0.174. The maximum Gasteiger partial charge on any atom is 0.411 e. The number of hydrogen-bond acceptors (Lipinski definition) is 3. The van der Waals surface area contributed by atoms with E-state index < -0.39 is 12.8 Å². The highest BCUT2D eigenvalue weighted by molar-refractivity contribution is 5.24. The molecule has 1 aromatic carbocycles. The molecule has 0 aliphatic carbocycles. The molecule has 6 heteroatoms. The van der Waals surface area contributed by atoms with Gasteiger partial charge in [-0.1, -0.05) is 31.2 Å². The molecule has 0 fully saturated rings. The van der Waals surface area contributed by atoms with E-state index in [9.17, 15) is 13.2 Å². The van der Waals surface area contributed by atoms with Crippen LogP contribution in [0.25, 0.3) is 0 Å². The molecule has 0 aliphatic heterocycles. The lowest BCUT2D eigenvalue weighted by atomic mass is 10.0. The smallest absolute Gasteiger partial charge is 0.372 e. The molecule has 0 saturated carbocycles. The van der Waals surface area contributed by atoms with Crippen molar-refractivity contribution in [3.8, 4) is 0 Å². The van der Waals surface area contributed by atoms with Crippen LogP contribution in [0, 0.1) is 0 Å². The second kappa shape index (κ2) is 7.47. The third kappa shape index (κ3) is 6.04. The molecule has 3 N–H and O–H groups in total. The van der Waals surface area contributed by atoms with Crippen LogP contribution in [0.3, 0.4) is 0 Å². The monoisotopic (exact) mass is 276 g/mol. The third-order valence-corrected chi connectivity index (χ3v) is 2.81. The van der Waals surface area contributed by atoms with E-state index in [1.165, 1.54) is 5.56 Å². The number of alkyl halides is 3. The fraction of sp³-hybridized carbons (Fsp3) is 0.538. The highest BCUT2D eigenvalue weighted by Gasteiger charge is 2.27. The Kier molecular flexibility index (Phi) is 6.27. The number of benzene rings is 1. The van der Waals surface area contributed by atoms with Crippen LogP contribution in [-0.4, -0.2) is 19.4 Å². The average molecular weight is 276 g/mol. The number of nitrogens with one attached hydrogen (secondary N) is 1. The van der Waals surface area contributed by atoms with E-state index in [1.54, 1.807) is 0 Å². The van der Waals surface area contributed by atoms with Crippen molar-refractivity contribution in [1.82, 2.24) is 5.43 Å². The number of nitrogens with two attached hydrogens (primary N) is 1. The van der Waals surface area contributed by atoms with Gasteiger partial charge in [0.15, 0.2) is 0 Å². The van der Waals surface area contributed by atoms with E-state index in [4.69, 9.17) is 5.84 Å². The summed E-state index contributed by atoms with van der Waals surface area (Å²) in [5, 5.41) is 0. The molecular weight excluding hydrogens is 257 g/mol. The molecule has 0 spiro atoms. The van der Waals surface area contributed by atoms with Crippen molar-refractivity contribution < 1.29 is 17.9 Å².